The van der Waals surface area contributed by atoms with Gasteiger partial charge in [-0.05, 0) is 42.5 Å². The van der Waals surface area contributed by atoms with E-state index in [1.54, 1.807) is 24.3 Å². The number of nitrogens with zero attached hydrogens (tertiary/aromatic N) is 2. The van der Waals surface area contributed by atoms with Crippen molar-refractivity contribution in [2.75, 3.05) is 0 Å². The highest BCUT2D eigenvalue weighted by Crippen LogP contribution is 2.20. The monoisotopic (exact) mass is 349 g/mol. The molecule has 0 aliphatic rings. The molecule has 1 heterocycles. The number of amides is 1. The van der Waals surface area contributed by atoms with Crippen molar-refractivity contribution in [1.29, 1.82) is 0 Å². The van der Waals surface area contributed by atoms with E-state index < -0.39 is 17.5 Å². The van der Waals surface area contributed by atoms with Crippen LogP contribution in [0.25, 0.3) is 11.5 Å². The molecule has 3 aromatic rings. The number of nitrogens with one attached hydrogen (secondary N) is 1. The van der Waals surface area contributed by atoms with Crippen molar-refractivity contribution in [2.45, 2.75) is 6.54 Å². The quantitative estimate of drug-likeness (QED) is 0.781. The fourth-order valence-corrected chi connectivity index (χ4v) is 2.06. The van der Waals surface area contributed by atoms with Crippen molar-refractivity contribution in [3.8, 4) is 11.5 Å². The van der Waals surface area contributed by atoms with Crippen LogP contribution in [-0.4, -0.2) is 16.1 Å². The zero-order chi connectivity index (χ0) is 17.1. The number of rotatable bonds is 4. The van der Waals surface area contributed by atoms with Crippen molar-refractivity contribution in [3.05, 3.63) is 70.6 Å². The lowest BCUT2D eigenvalue weighted by Gasteiger charge is -2.03. The van der Waals surface area contributed by atoms with Gasteiger partial charge in [0.05, 0.1) is 6.54 Å². The summed E-state index contributed by atoms with van der Waals surface area (Å²) in [6, 6.07) is 9.70. The fraction of sp³-hybridized carbons (Fsp3) is 0.0625. The maximum atomic E-state index is 13.1. The summed E-state index contributed by atoms with van der Waals surface area (Å²) in [6.07, 6.45) is 0. The molecule has 0 saturated carbocycles. The lowest BCUT2D eigenvalue weighted by molar-refractivity contribution is 0.0947. The van der Waals surface area contributed by atoms with Crippen LogP contribution in [0, 0.1) is 11.6 Å². The van der Waals surface area contributed by atoms with Crippen molar-refractivity contribution < 1.29 is 18.0 Å². The first-order valence-electron chi connectivity index (χ1n) is 6.84. The molecular weight excluding hydrogens is 340 g/mol. The highest BCUT2D eigenvalue weighted by atomic mass is 35.5. The average molecular weight is 350 g/mol. The first-order chi connectivity index (χ1) is 11.5. The maximum absolute atomic E-state index is 13.1. The smallest absolute Gasteiger partial charge is 0.251 e. The SMILES string of the molecule is O=C(NCc1nnc(-c2ccc(Cl)cc2)o1)c1ccc(F)c(F)c1. The molecule has 1 aromatic heterocycles. The molecule has 0 aliphatic heterocycles. The molecular formula is C16H10ClF2N3O2. The topological polar surface area (TPSA) is 68.0 Å². The summed E-state index contributed by atoms with van der Waals surface area (Å²) in [5.41, 5.74) is 0.677. The number of hydrogen-bond acceptors (Lipinski definition) is 4. The van der Waals surface area contributed by atoms with Crippen molar-refractivity contribution in [1.82, 2.24) is 15.5 Å². The minimum absolute atomic E-state index is 0.00802. The third-order valence-electron chi connectivity index (χ3n) is 3.14. The Bertz CT molecular complexity index is 881. The fourth-order valence-electron chi connectivity index (χ4n) is 1.93. The minimum atomic E-state index is -1.09. The second-order valence-corrected chi connectivity index (χ2v) is 5.26. The van der Waals surface area contributed by atoms with Gasteiger partial charge in [-0.1, -0.05) is 11.6 Å². The number of aromatic nitrogens is 2. The van der Waals surface area contributed by atoms with Gasteiger partial charge < -0.3 is 9.73 Å². The van der Waals surface area contributed by atoms with Crippen LogP contribution in [0.5, 0.6) is 0 Å². The van der Waals surface area contributed by atoms with E-state index in [1.807, 2.05) is 0 Å². The molecule has 2 aromatic carbocycles. The standard InChI is InChI=1S/C16H10ClF2N3O2/c17-11-4-1-9(2-5-11)16-22-21-14(24-16)8-20-15(23)10-3-6-12(18)13(19)7-10/h1-7H,8H2,(H,20,23). The van der Waals surface area contributed by atoms with Crippen LogP contribution in [0.4, 0.5) is 8.78 Å². The predicted molar refractivity (Wildman–Crippen MR) is 82.3 cm³/mol. The van der Waals surface area contributed by atoms with E-state index in [1.165, 1.54) is 6.07 Å². The molecule has 0 fully saturated rings. The third kappa shape index (κ3) is 3.57. The van der Waals surface area contributed by atoms with E-state index in [-0.39, 0.29) is 23.9 Å². The minimum Gasteiger partial charge on any atom is -0.419 e. The Hall–Kier alpha value is -2.80. The highest BCUT2D eigenvalue weighted by Gasteiger charge is 2.12. The number of carbonyl (C=O) groups is 1. The van der Waals surface area contributed by atoms with Gasteiger partial charge in [-0.25, -0.2) is 8.78 Å². The normalized spacial score (nSPS) is 10.6. The molecule has 1 amide bonds. The molecule has 5 nitrogen and oxygen atoms in total. The second kappa shape index (κ2) is 6.76. The van der Waals surface area contributed by atoms with Crippen LogP contribution in [0.1, 0.15) is 16.2 Å². The molecule has 0 atom stereocenters. The van der Waals surface area contributed by atoms with Gasteiger partial charge >= 0.3 is 0 Å². The number of benzene rings is 2. The molecule has 0 saturated heterocycles. The average Bonchev–Trinajstić information content (AvgIpc) is 3.05. The van der Waals surface area contributed by atoms with E-state index in [0.717, 1.165) is 12.1 Å². The van der Waals surface area contributed by atoms with Gasteiger partial charge in [0.15, 0.2) is 11.6 Å². The van der Waals surface area contributed by atoms with Crippen LogP contribution >= 0.6 is 11.6 Å². The maximum Gasteiger partial charge on any atom is 0.251 e. The second-order valence-electron chi connectivity index (χ2n) is 4.82. The molecule has 0 unspecified atom stereocenters. The van der Waals surface area contributed by atoms with E-state index in [4.69, 9.17) is 16.0 Å². The lowest BCUT2D eigenvalue weighted by Crippen LogP contribution is -2.23. The summed E-state index contributed by atoms with van der Waals surface area (Å²) < 4.78 is 31.4. The third-order valence-corrected chi connectivity index (χ3v) is 3.39. The van der Waals surface area contributed by atoms with E-state index in [0.29, 0.717) is 10.6 Å². The Kier molecular flexibility index (Phi) is 4.52. The first-order valence-corrected chi connectivity index (χ1v) is 7.22. The first kappa shape index (κ1) is 16.1. The van der Waals surface area contributed by atoms with Crippen molar-refractivity contribution in [3.63, 3.8) is 0 Å². The summed E-state index contributed by atoms with van der Waals surface area (Å²) >= 11 is 5.80. The van der Waals surface area contributed by atoms with Gasteiger partial charge in [0.2, 0.25) is 11.8 Å². The summed E-state index contributed by atoms with van der Waals surface area (Å²) in [6.45, 7) is -0.0432. The van der Waals surface area contributed by atoms with Crippen molar-refractivity contribution >= 4 is 17.5 Å². The molecule has 1 N–H and O–H groups in total. The van der Waals surface area contributed by atoms with E-state index >= 15 is 0 Å². The van der Waals surface area contributed by atoms with Crippen LogP contribution in [0.3, 0.4) is 0 Å². The molecule has 0 aliphatic carbocycles. The molecule has 24 heavy (non-hydrogen) atoms. The van der Waals surface area contributed by atoms with Gasteiger partial charge in [0.25, 0.3) is 5.91 Å². The van der Waals surface area contributed by atoms with Gasteiger partial charge in [-0.2, -0.15) is 0 Å². The van der Waals surface area contributed by atoms with Gasteiger partial charge in [0, 0.05) is 16.1 Å². The van der Waals surface area contributed by atoms with Crippen molar-refractivity contribution in [2.24, 2.45) is 0 Å². The zero-order valence-corrected chi connectivity index (χ0v) is 12.8. The Labute approximate surface area is 140 Å². The Morgan fingerprint density at radius 3 is 2.54 bits per heavy atom. The molecule has 0 spiro atoms. The van der Waals surface area contributed by atoms with Gasteiger partial charge in [0.1, 0.15) is 0 Å². The molecule has 3 rings (SSSR count). The lowest BCUT2D eigenvalue weighted by atomic mass is 10.2. The van der Waals surface area contributed by atoms with E-state index in [2.05, 4.69) is 15.5 Å². The largest absolute Gasteiger partial charge is 0.419 e. The zero-order valence-electron chi connectivity index (χ0n) is 12.1. The number of carbonyl (C=O) groups excluding carboxylic acids is 1. The van der Waals surface area contributed by atoms with Gasteiger partial charge in [-0.3, -0.25) is 4.79 Å². The summed E-state index contributed by atoms with van der Waals surface area (Å²) in [5.74, 6) is -2.23. The van der Waals surface area contributed by atoms with Crippen LogP contribution in [0.15, 0.2) is 46.9 Å². The van der Waals surface area contributed by atoms with Gasteiger partial charge in [-0.15, -0.1) is 10.2 Å². The summed E-state index contributed by atoms with van der Waals surface area (Å²) in [4.78, 5) is 11.9. The highest BCUT2D eigenvalue weighted by molar-refractivity contribution is 6.30. The Morgan fingerprint density at radius 1 is 1.08 bits per heavy atom. The number of hydrogen-bond donors (Lipinski definition) is 1. The molecule has 0 radical (unpaired) electrons. The van der Waals surface area contributed by atoms with Crippen LogP contribution in [0.2, 0.25) is 5.02 Å². The Balaban J connectivity index is 1.65. The van der Waals surface area contributed by atoms with Crippen LogP contribution < -0.4 is 5.32 Å². The number of halogens is 3. The Morgan fingerprint density at radius 2 is 1.83 bits per heavy atom. The van der Waals surface area contributed by atoms with E-state index in [9.17, 15) is 13.6 Å². The summed E-state index contributed by atoms with van der Waals surface area (Å²) in [7, 11) is 0. The molecule has 0 bridgehead atoms. The predicted octanol–water partition coefficient (Wildman–Crippen LogP) is 3.60. The molecule has 122 valence electrons. The summed E-state index contributed by atoms with van der Waals surface area (Å²) in [5, 5.41) is 10.8. The molecule has 8 heteroatoms. The van der Waals surface area contributed by atoms with Crippen LogP contribution in [-0.2, 0) is 6.54 Å².